The molecule has 2 heterocycles. The molecule has 0 aromatic carbocycles. The van der Waals surface area contributed by atoms with E-state index in [1.54, 1.807) is 23.6 Å². The third-order valence-electron chi connectivity index (χ3n) is 1.64. The largest absolute Gasteiger partial charge is 0.397 e. The quantitative estimate of drug-likeness (QED) is 0.786. The molecule has 2 N–H and O–H groups in total. The van der Waals surface area contributed by atoms with E-state index in [0.717, 1.165) is 10.6 Å². The molecule has 0 aliphatic rings. The zero-order chi connectivity index (χ0) is 9.26. The average molecular weight is 211 g/mol. The molecular formula is C9H7ClN2S. The van der Waals surface area contributed by atoms with Crippen LogP contribution in [0.15, 0.2) is 29.8 Å². The van der Waals surface area contributed by atoms with Crippen molar-refractivity contribution in [3.05, 3.63) is 34.8 Å². The lowest BCUT2D eigenvalue weighted by Crippen LogP contribution is -1.91. The highest BCUT2D eigenvalue weighted by molar-refractivity contribution is 7.13. The summed E-state index contributed by atoms with van der Waals surface area (Å²) >= 11 is 7.35. The summed E-state index contributed by atoms with van der Waals surface area (Å²) < 4.78 is 0. The highest BCUT2D eigenvalue weighted by atomic mass is 35.5. The normalized spacial score (nSPS) is 10.2. The zero-order valence-electron chi connectivity index (χ0n) is 6.70. The molecule has 0 aliphatic heterocycles. The molecule has 0 unspecified atom stereocenters. The number of rotatable bonds is 1. The van der Waals surface area contributed by atoms with Crippen LogP contribution in [0.5, 0.6) is 0 Å². The summed E-state index contributed by atoms with van der Waals surface area (Å²) in [6.07, 6.45) is 1.60. The van der Waals surface area contributed by atoms with Crippen LogP contribution >= 0.6 is 22.9 Å². The second kappa shape index (κ2) is 3.36. The summed E-state index contributed by atoms with van der Waals surface area (Å²) in [6, 6.07) is 5.66. The van der Waals surface area contributed by atoms with Crippen molar-refractivity contribution in [3.8, 4) is 10.6 Å². The van der Waals surface area contributed by atoms with Crippen LogP contribution in [0.1, 0.15) is 0 Å². The van der Waals surface area contributed by atoms with Crippen molar-refractivity contribution >= 4 is 28.6 Å². The fourth-order valence-corrected chi connectivity index (χ4v) is 1.98. The highest BCUT2D eigenvalue weighted by Gasteiger charge is 2.04. The molecule has 0 spiro atoms. The lowest BCUT2D eigenvalue weighted by atomic mass is 10.2. The lowest BCUT2D eigenvalue weighted by molar-refractivity contribution is 1.34. The van der Waals surface area contributed by atoms with Gasteiger partial charge < -0.3 is 5.73 Å². The minimum Gasteiger partial charge on any atom is -0.397 e. The fourth-order valence-electron chi connectivity index (χ4n) is 1.07. The molecule has 0 saturated carbocycles. The molecule has 2 rings (SSSR count). The van der Waals surface area contributed by atoms with Gasteiger partial charge in [0, 0.05) is 6.20 Å². The Balaban J connectivity index is 2.53. The van der Waals surface area contributed by atoms with Crippen molar-refractivity contribution in [3.63, 3.8) is 0 Å². The number of hydrogen-bond acceptors (Lipinski definition) is 3. The number of nitrogen functional groups attached to an aromatic ring is 1. The highest BCUT2D eigenvalue weighted by Crippen LogP contribution is 2.28. The Kier molecular flexibility index (Phi) is 2.20. The maximum atomic E-state index is 5.77. The Morgan fingerprint density at radius 1 is 1.46 bits per heavy atom. The number of thiophene rings is 1. The minimum atomic E-state index is 0.567. The van der Waals surface area contributed by atoms with Gasteiger partial charge in [-0.05, 0) is 17.5 Å². The van der Waals surface area contributed by atoms with Crippen molar-refractivity contribution in [1.82, 2.24) is 4.98 Å². The summed E-state index contributed by atoms with van der Waals surface area (Å²) in [5.41, 5.74) is 7.20. The third kappa shape index (κ3) is 1.66. The predicted molar refractivity (Wildman–Crippen MR) is 57.0 cm³/mol. The average Bonchev–Trinajstić information content (AvgIpc) is 2.56. The van der Waals surface area contributed by atoms with Crippen LogP contribution in [0.25, 0.3) is 10.6 Å². The van der Waals surface area contributed by atoms with Crippen molar-refractivity contribution < 1.29 is 0 Å². The summed E-state index contributed by atoms with van der Waals surface area (Å²) in [4.78, 5) is 5.24. The summed E-state index contributed by atoms with van der Waals surface area (Å²) in [5.74, 6) is 0. The first-order valence-electron chi connectivity index (χ1n) is 3.72. The van der Waals surface area contributed by atoms with E-state index >= 15 is 0 Å². The monoisotopic (exact) mass is 210 g/mol. The number of pyridine rings is 1. The Bertz CT molecular complexity index is 412. The SMILES string of the molecule is Nc1cc(Cl)cnc1-c1cccs1. The van der Waals surface area contributed by atoms with Gasteiger partial charge in [0.2, 0.25) is 0 Å². The Labute approximate surface area is 85.0 Å². The van der Waals surface area contributed by atoms with Gasteiger partial charge in [0.05, 0.1) is 15.6 Å². The van der Waals surface area contributed by atoms with E-state index in [1.807, 2.05) is 17.5 Å². The molecule has 0 bridgehead atoms. The molecule has 2 aromatic rings. The maximum Gasteiger partial charge on any atom is 0.103 e. The van der Waals surface area contributed by atoms with Gasteiger partial charge in [-0.1, -0.05) is 17.7 Å². The third-order valence-corrected chi connectivity index (χ3v) is 2.72. The molecule has 0 saturated heterocycles. The van der Waals surface area contributed by atoms with Gasteiger partial charge in [0.15, 0.2) is 0 Å². The van der Waals surface area contributed by atoms with Crippen LogP contribution in [0.4, 0.5) is 5.69 Å². The van der Waals surface area contributed by atoms with Gasteiger partial charge >= 0.3 is 0 Å². The number of nitrogens with zero attached hydrogens (tertiary/aromatic N) is 1. The molecule has 0 radical (unpaired) electrons. The summed E-state index contributed by atoms with van der Waals surface area (Å²) in [6.45, 7) is 0. The van der Waals surface area contributed by atoms with E-state index in [1.165, 1.54) is 0 Å². The van der Waals surface area contributed by atoms with Gasteiger partial charge in [-0.25, -0.2) is 0 Å². The van der Waals surface area contributed by atoms with Gasteiger partial charge in [0.1, 0.15) is 5.69 Å². The first-order chi connectivity index (χ1) is 6.27. The molecule has 0 fully saturated rings. The second-order valence-corrected chi connectivity index (χ2v) is 3.95. The molecule has 0 aliphatic carbocycles. The number of aromatic nitrogens is 1. The molecular weight excluding hydrogens is 204 g/mol. The Hall–Kier alpha value is -1.06. The van der Waals surface area contributed by atoms with Gasteiger partial charge in [0.25, 0.3) is 0 Å². The van der Waals surface area contributed by atoms with Crippen molar-refractivity contribution in [2.75, 3.05) is 5.73 Å². The smallest absolute Gasteiger partial charge is 0.103 e. The first-order valence-corrected chi connectivity index (χ1v) is 4.98. The number of anilines is 1. The van der Waals surface area contributed by atoms with Crippen molar-refractivity contribution in [2.45, 2.75) is 0 Å². The zero-order valence-corrected chi connectivity index (χ0v) is 8.27. The number of halogens is 1. The van der Waals surface area contributed by atoms with E-state index in [2.05, 4.69) is 4.98 Å². The first kappa shape index (κ1) is 8.53. The van der Waals surface area contributed by atoms with Gasteiger partial charge in [-0.2, -0.15) is 0 Å². The lowest BCUT2D eigenvalue weighted by Gasteiger charge is -2.01. The van der Waals surface area contributed by atoms with Gasteiger partial charge in [-0.3, -0.25) is 4.98 Å². The van der Waals surface area contributed by atoms with E-state index in [-0.39, 0.29) is 0 Å². The van der Waals surface area contributed by atoms with Gasteiger partial charge in [-0.15, -0.1) is 11.3 Å². The molecule has 2 nitrogen and oxygen atoms in total. The van der Waals surface area contributed by atoms with Crippen LogP contribution in [-0.4, -0.2) is 4.98 Å². The van der Waals surface area contributed by atoms with Crippen LogP contribution in [0.3, 0.4) is 0 Å². The molecule has 2 aromatic heterocycles. The van der Waals surface area contributed by atoms with Crippen molar-refractivity contribution in [1.29, 1.82) is 0 Å². The van der Waals surface area contributed by atoms with Crippen molar-refractivity contribution in [2.24, 2.45) is 0 Å². The van der Waals surface area contributed by atoms with E-state index < -0.39 is 0 Å². The van der Waals surface area contributed by atoms with E-state index in [0.29, 0.717) is 10.7 Å². The minimum absolute atomic E-state index is 0.567. The second-order valence-electron chi connectivity index (χ2n) is 2.57. The molecule has 66 valence electrons. The molecule has 4 heteroatoms. The molecule has 0 atom stereocenters. The number of hydrogen-bond donors (Lipinski definition) is 1. The van der Waals surface area contributed by atoms with Crippen LogP contribution in [-0.2, 0) is 0 Å². The Morgan fingerprint density at radius 2 is 2.31 bits per heavy atom. The van der Waals surface area contributed by atoms with Crippen LogP contribution in [0, 0.1) is 0 Å². The number of nitrogens with two attached hydrogens (primary N) is 1. The molecule has 0 amide bonds. The topological polar surface area (TPSA) is 38.9 Å². The predicted octanol–water partition coefficient (Wildman–Crippen LogP) is 3.05. The maximum absolute atomic E-state index is 5.77. The van der Waals surface area contributed by atoms with Crippen LogP contribution in [0.2, 0.25) is 5.02 Å². The Morgan fingerprint density at radius 3 is 2.92 bits per heavy atom. The van der Waals surface area contributed by atoms with E-state index in [9.17, 15) is 0 Å². The summed E-state index contributed by atoms with van der Waals surface area (Å²) in [5, 5.41) is 2.56. The van der Waals surface area contributed by atoms with E-state index in [4.69, 9.17) is 17.3 Å². The molecule has 13 heavy (non-hydrogen) atoms. The fraction of sp³-hybridized carbons (Fsp3) is 0. The summed E-state index contributed by atoms with van der Waals surface area (Å²) in [7, 11) is 0. The standard InChI is InChI=1S/C9H7ClN2S/c10-6-4-7(11)9(12-5-6)8-2-1-3-13-8/h1-5H,11H2. The van der Waals surface area contributed by atoms with Crippen LogP contribution < -0.4 is 5.73 Å².